The van der Waals surface area contributed by atoms with Gasteiger partial charge in [0.05, 0.1) is 25.4 Å². The Morgan fingerprint density at radius 3 is 1.18 bits per heavy atom. The van der Waals surface area contributed by atoms with Gasteiger partial charge in [-0.3, -0.25) is 0 Å². The summed E-state index contributed by atoms with van der Waals surface area (Å²) < 4.78 is 10.8. The van der Waals surface area contributed by atoms with Gasteiger partial charge in [-0.1, -0.05) is 237 Å². The van der Waals surface area contributed by atoms with E-state index in [1.165, 1.54) is 212 Å². The van der Waals surface area contributed by atoms with Crippen LogP contribution in [0.1, 0.15) is 278 Å². The second-order valence-electron chi connectivity index (χ2n) is 18.5. The van der Waals surface area contributed by atoms with E-state index in [0.717, 1.165) is 51.7 Å². The van der Waals surface area contributed by atoms with Crippen molar-refractivity contribution in [3.63, 3.8) is 0 Å². The number of aliphatic hydroxyl groups is 2. The summed E-state index contributed by atoms with van der Waals surface area (Å²) in [7, 11) is 20.1. The SMILES string of the molecule is CCCCC/C=C\C/C=C\CCCCCCCCC[C@@H](O)COCCCCCCC.CCCCC/C=C\C/C=C\CCCCCCCCC[C@H]1CO1.CCCCCCCCO.[Cl][Sn]([Cl])([Cl])[Cl]. The molecule has 0 radical (unpaired) electrons. The van der Waals surface area contributed by atoms with Crippen LogP contribution in [-0.2, 0) is 9.47 Å². The Hall–Kier alpha value is 0.759. The second kappa shape index (κ2) is 63.8. The zero-order chi connectivity index (χ0) is 49.1. The predicted octanol–water partition coefficient (Wildman–Crippen LogP) is 20.6. The summed E-state index contributed by atoms with van der Waals surface area (Å²) in [6, 6.07) is 0. The van der Waals surface area contributed by atoms with E-state index in [1.54, 1.807) is 0 Å². The molecule has 2 N–H and O–H groups in total. The van der Waals surface area contributed by atoms with Crippen LogP contribution >= 0.6 is 35.7 Å². The molecule has 0 aliphatic carbocycles. The molecular weight excluding hydrogens is 1010 g/mol. The predicted molar refractivity (Wildman–Crippen MR) is 302 cm³/mol. The van der Waals surface area contributed by atoms with Crippen LogP contribution in [0.2, 0.25) is 0 Å². The second-order valence-corrected chi connectivity index (χ2v) is 43.9. The number of halogens is 4. The van der Waals surface area contributed by atoms with Crippen molar-refractivity contribution >= 4 is 49.6 Å². The Labute approximate surface area is 431 Å². The van der Waals surface area contributed by atoms with Crippen LogP contribution in [0.5, 0.6) is 0 Å². The standard InChI is InChI=1S/C28H54O2.C21H38O.C8H18O.4ClH.Sn/c1-3-5-7-9-10-11-12-13-14-15-16-17-18-19-20-21-23-25-28(29)27-30-26-24-22-8-6-4-2;1-2-3-4-5-6-7-8-9-10-11-12-13-14-15-16-17-18-19-21-20-22-21;1-2-3-4-5-6-7-8-9;;;;;/h10-11,13-14,28-29H,3-9,12,15-27H2,1-2H3;6-7,9-10,21H,2-5,8,11-20H2,1H3;9H,2-8H2,1H3;4*1H;/q;;;;;;;+4/p-4/b11-10-,14-13-;7-6-,10-9-;;;;;;/t28-;21-;;;;;;/m10....../s1. The minimum absolute atomic E-state index is 0.265. The van der Waals surface area contributed by atoms with E-state index < -0.39 is 13.9 Å². The molecule has 0 bridgehead atoms. The molecule has 1 saturated heterocycles. The van der Waals surface area contributed by atoms with Gasteiger partial charge < -0.3 is 19.7 Å². The van der Waals surface area contributed by atoms with Gasteiger partial charge in [-0.15, -0.1) is 0 Å². The molecule has 1 heterocycles. The van der Waals surface area contributed by atoms with E-state index in [-0.39, 0.29) is 6.10 Å². The molecule has 0 aromatic rings. The van der Waals surface area contributed by atoms with E-state index >= 15 is 0 Å². The van der Waals surface area contributed by atoms with Crippen LogP contribution in [0, 0.1) is 0 Å². The van der Waals surface area contributed by atoms with Crippen LogP contribution in [0.4, 0.5) is 0 Å². The van der Waals surface area contributed by atoms with Gasteiger partial charge in [0.15, 0.2) is 0 Å². The number of aliphatic hydroxyl groups excluding tert-OH is 2. The van der Waals surface area contributed by atoms with E-state index in [9.17, 15) is 5.11 Å². The molecule has 2 atom stereocenters. The van der Waals surface area contributed by atoms with E-state index in [4.69, 9.17) is 50.3 Å². The van der Waals surface area contributed by atoms with Crippen LogP contribution < -0.4 is 0 Å². The first-order valence-corrected chi connectivity index (χ1v) is 42.4. The molecular formula is C57H110Cl4O4Sn. The Kier molecular flexibility index (Phi) is 68.6. The van der Waals surface area contributed by atoms with Crippen molar-refractivity contribution in [1.82, 2.24) is 0 Å². The number of hydrogen-bond acceptors (Lipinski definition) is 4. The zero-order valence-electron chi connectivity index (χ0n) is 43.9. The number of epoxide rings is 1. The molecule has 1 aliphatic heterocycles. The fraction of sp³-hybridized carbons (Fsp3) is 0.860. The Bertz CT molecular complexity index is 974. The summed E-state index contributed by atoms with van der Waals surface area (Å²) in [5.74, 6) is 0. The Morgan fingerprint density at radius 2 is 0.788 bits per heavy atom. The van der Waals surface area contributed by atoms with E-state index in [0.29, 0.717) is 19.3 Å². The van der Waals surface area contributed by atoms with Crippen LogP contribution in [0.25, 0.3) is 0 Å². The van der Waals surface area contributed by atoms with Crippen LogP contribution in [-0.4, -0.2) is 62.7 Å². The maximum absolute atomic E-state index is 9.98. The summed E-state index contributed by atoms with van der Waals surface area (Å²) in [5.41, 5.74) is 0. The molecule has 0 unspecified atom stereocenters. The van der Waals surface area contributed by atoms with Gasteiger partial charge in [0, 0.05) is 13.2 Å². The van der Waals surface area contributed by atoms with Crippen molar-refractivity contribution in [3.05, 3.63) is 48.6 Å². The molecule has 4 nitrogen and oxygen atoms in total. The summed E-state index contributed by atoms with van der Waals surface area (Å²) in [6.07, 6.45) is 69.2. The van der Waals surface area contributed by atoms with E-state index in [2.05, 4.69) is 76.3 Å². The summed E-state index contributed by atoms with van der Waals surface area (Å²) >= 11 is -3.29. The summed E-state index contributed by atoms with van der Waals surface area (Å²) in [6.45, 7) is 11.7. The van der Waals surface area contributed by atoms with Crippen molar-refractivity contribution in [2.75, 3.05) is 26.4 Å². The summed E-state index contributed by atoms with van der Waals surface area (Å²) in [5, 5.41) is 18.4. The Morgan fingerprint density at radius 1 is 0.470 bits per heavy atom. The van der Waals surface area contributed by atoms with Crippen molar-refractivity contribution < 1.29 is 19.7 Å². The first-order chi connectivity index (χ1) is 32.2. The molecule has 394 valence electrons. The number of rotatable bonds is 46. The van der Waals surface area contributed by atoms with E-state index in [1.807, 2.05) is 0 Å². The third-order valence-electron chi connectivity index (χ3n) is 11.6. The van der Waals surface area contributed by atoms with Gasteiger partial charge in [-0.25, -0.2) is 0 Å². The summed E-state index contributed by atoms with van der Waals surface area (Å²) in [4.78, 5) is 0. The molecule has 0 aromatic carbocycles. The average Bonchev–Trinajstić information content (AvgIpc) is 4.13. The third kappa shape index (κ3) is 81.7. The average molecular weight is 1120 g/mol. The third-order valence-corrected chi connectivity index (χ3v) is 11.6. The molecule has 0 amide bonds. The molecule has 0 saturated carbocycles. The monoisotopic (exact) mass is 1120 g/mol. The van der Waals surface area contributed by atoms with Gasteiger partial charge in [0.1, 0.15) is 0 Å². The quantitative estimate of drug-likeness (QED) is 0.0276. The molecule has 9 heteroatoms. The number of hydrogen-bond donors (Lipinski definition) is 2. The van der Waals surface area contributed by atoms with Crippen molar-refractivity contribution in [1.29, 1.82) is 0 Å². The normalized spacial score (nSPS) is 14.1. The fourth-order valence-corrected chi connectivity index (χ4v) is 7.32. The molecule has 66 heavy (non-hydrogen) atoms. The van der Waals surface area contributed by atoms with Gasteiger partial charge >= 0.3 is 49.6 Å². The first kappa shape index (κ1) is 71.0. The van der Waals surface area contributed by atoms with Crippen LogP contribution in [0.3, 0.4) is 0 Å². The molecule has 1 rings (SSSR count). The first-order valence-electron chi connectivity index (χ1n) is 28.0. The molecule has 0 spiro atoms. The molecule has 1 aliphatic rings. The van der Waals surface area contributed by atoms with Crippen LogP contribution in [0.15, 0.2) is 48.6 Å². The minimum atomic E-state index is -3.29. The van der Waals surface area contributed by atoms with Gasteiger partial charge in [-0.2, -0.15) is 0 Å². The zero-order valence-corrected chi connectivity index (χ0v) is 49.8. The topological polar surface area (TPSA) is 62.2 Å². The fourth-order valence-electron chi connectivity index (χ4n) is 7.32. The number of allylic oxidation sites excluding steroid dienone is 8. The molecule has 1 fully saturated rings. The van der Waals surface area contributed by atoms with Gasteiger partial charge in [0.25, 0.3) is 0 Å². The van der Waals surface area contributed by atoms with Crippen molar-refractivity contribution in [3.8, 4) is 0 Å². The molecule has 0 aromatic heterocycles. The van der Waals surface area contributed by atoms with Gasteiger partial charge in [-0.05, 0) is 89.9 Å². The van der Waals surface area contributed by atoms with Crippen molar-refractivity contribution in [2.24, 2.45) is 0 Å². The Balaban J connectivity index is -0.000000952. The van der Waals surface area contributed by atoms with Crippen molar-refractivity contribution in [2.45, 2.75) is 290 Å². The van der Waals surface area contributed by atoms with Gasteiger partial charge in [0.2, 0.25) is 0 Å². The maximum atomic E-state index is 9.98. The number of unbranched alkanes of at least 4 members (excludes halogenated alkanes) is 29. The number of ether oxygens (including phenoxy) is 2.